The molecule has 0 saturated carbocycles. The van der Waals surface area contributed by atoms with Crippen molar-refractivity contribution in [1.82, 2.24) is 14.8 Å². The van der Waals surface area contributed by atoms with Crippen LogP contribution in [-0.2, 0) is 13.6 Å². The first-order valence-corrected chi connectivity index (χ1v) is 4.90. The maximum absolute atomic E-state index is 13.4. The van der Waals surface area contributed by atoms with E-state index in [1.807, 2.05) is 0 Å². The minimum Gasteiger partial charge on any atom is -0.397 e. The molecule has 17 heavy (non-hydrogen) atoms. The molecule has 0 aliphatic rings. The normalized spacial score (nSPS) is 10.5. The number of aryl methyl sites for hydroxylation is 1. The fourth-order valence-corrected chi connectivity index (χ4v) is 1.38. The van der Waals surface area contributed by atoms with Crippen molar-refractivity contribution in [3.63, 3.8) is 0 Å². The molecule has 0 fully saturated rings. The van der Waals surface area contributed by atoms with Crippen molar-refractivity contribution in [3.05, 3.63) is 35.9 Å². The zero-order valence-electron chi connectivity index (χ0n) is 9.11. The molecule has 2 rings (SSSR count). The van der Waals surface area contributed by atoms with E-state index >= 15 is 0 Å². The van der Waals surface area contributed by atoms with Crippen LogP contribution in [0, 0.1) is 11.6 Å². The molecule has 2 aromatic rings. The van der Waals surface area contributed by atoms with E-state index in [-0.39, 0.29) is 17.9 Å². The summed E-state index contributed by atoms with van der Waals surface area (Å²) in [4.78, 5) is 0. The molecule has 90 valence electrons. The van der Waals surface area contributed by atoms with Crippen LogP contribution < -0.4 is 11.1 Å². The lowest BCUT2D eigenvalue weighted by atomic mass is 10.2. The number of anilines is 2. The number of nitrogens with one attached hydrogen (secondary N) is 1. The van der Waals surface area contributed by atoms with Crippen LogP contribution in [0.5, 0.6) is 0 Å². The third kappa shape index (κ3) is 2.17. The fraction of sp³-hybridized carbons (Fsp3) is 0.200. The molecular formula is C10H11F2N5. The Kier molecular flexibility index (Phi) is 2.90. The summed E-state index contributed by atoms with van der Waals surface area (Å²) >= 11 is 0. The summed E-state index contributed by atoms with van der Waals surface area (Å²) in [6.45, 7) is 0.209. The van der Waals surface area contributed by atoms with Gasteiger partial charge in [0.25, 0.3) is 0 Å². The van der Waals surface area contributed by atoms with Gasteiger partial charge < -0.3 is 15.6 Å². The van der Waals surface area contributed by atoms with E-state index in [0.29, 0.717) is 5.82 Å². The van der Waals surface area contributed by atoms with Crippen molar-refractivity contribution < 1.29 is 8.78 Å². The first-order valence-electron chi connectivity index (χ1n) is 4.90. The monoisotopic (exact) mass is 239 g/mol. The zero-order valence-corrected chi connectivity index (χ0v) is 9.11. The van der Waals surface area contributed by atoms with Crippen LogP contribution in [-0.4, -0.2) is 14.8 Å². The van der Waals surface area contributed by atoms with Crippen molar-refractivity contribution in [2.75, 3.05) is 11.1 Å². The predicted octanol–water partition coefficient (Wildman–Crippen LogP) is 1.29. The Hall–Kier alpha value is -2.18. The average Bonchev–Trinajstić information content (AvgIpc) is 2.70. The van der Waals surface area contributed by atoms with Gasteiger partial charge in [-0.2, -0.15) is 0 Å². The molecule has 1 aromatic carbocycles. The number of nitrogens with two attached hydrogens (primary N) is 1. The molecule has 0 amide bonds. The predicted molar refractivity (Wildman–Crippen MR) is 59.1 cm³/mol. The van der Waals surface area contributed by atoms with Crippen molar-refractivity contribution in [1.29, 1.82) is 0 Å². The lowest BCUT2D eigenvalue weighted by Gasteiger charge is -2.10. The number of nitrogen functional groups attached to an aromatic ring is 1. The molecule has 0 spiro atoms. The van der Waals surface area contributed by atoms with Crippen molar-refractivity contribution in [3.8, 4) is 0 Å². The topological polar surface area (TPSA) is 68.8 Å². The number of hydrogen-bond acceptors (Lipinski definition) is 4. The molecule has 0 radical (unpaired) electrons. The smallest absolute Gasteiger partial charge is 0.183 e. The Bertz CT molecular complexity index is 537. The number of benzene rings is 1. The van der Waals surface area contributed by atoms with Crippen LogP contribution in [0.2, 0.25) is 0 Å². The van der Waals surface area contributed by atoms with Gasteiger partial charge in [-0.15, -0.1) is 10.2 Å². The van der Waals surface area contributed by atoms with E-state index in [2.05, 4.69) is 15.5 Å². The van der Waals surface area contributed by atoms with Gasteiger partial charge in [0, 0.05) is 7.05 Å². The van der Waals surface area contributed by atoms with Crippen LogP contribution in [0.3, 0.4) is 0 Å². The third-order valence-corrected chi connectivity index (χ3v) is 2.36. The third-order valence-electron chi connectivity index (χ3n) is 2.36. The summed E-state index contributed by atoms with van der Waals surface area (Å²) in [6.07, 6.45) is 1.52. The summed E-state index contributed by atoms with van der Waals surface area (Å²) in [6, 6.07) is 2.29. The quantitative estimate of drug-likeness (QED) is 0.792. The van der Waals surface area contributed by atoms with E-state index in [9.17, 15) is 8.78 Å². The van der Waals surface area contributed by atoms with Crippen molar-refractivity contribution >= 4 is 11.4 Å². The van der Waals surface area contributed by atoms with Gasteiger partial charge in [-0.1, -0.05) is 0 Å². The lowest BCUT2D eigenvalue weighted by molar-refractivity contribution is 0.511. The molecular weight excluding hydrogens is 228 g/mol. The van der Waals surface area contributed by atoms with Gasteiger partial charge >= 0.3 is 0 Å². The molecule has 0 unspecified atom stereocenters. The van der Waals surface area contributed by atoms with Crippen LogP contribution >= 0.6 is 0 Å². The highest BCUT2D eigenvalue weighted by Gasteiger charge is 2.12. The highest BCUT2D eigenvalue weighted by atomic mass is 19.2. The van der Waals surface area contributed by atoms with Crippen LogP contribution in [0.4, 0.5) is 20.2 Å². The van der Waals surface area contributed by atoms with Gasteiger partial charge in [-0.3, -0.25) is 0 Å². The Balaban J connectivity index is 2.20. The zero-order chi connectivity index (χ0) is 12.4. The minimum absolute atomic E-state index is 0.0620. The second-order valence-electron chi connectivity index (χ2n) is 3.54. The number of aromatic nitrogens is 3. The largest absolute Gasteiger partial charge is 0.397 e. The van der Waals surface area contributed by atoms with Crippen LogP contribution in [0.25, 0.3) is 0 Å². The molecule has 0 aliphatic heterocycles. The van der Waals surface area contributed by atoms with Gasteiger partial charge in [-0.05, 0) is 12.1 Å². The maximum atomic E-state index is 13.4. The summed E-state index contributed by atoms with van der Waals surface area (Å²) in [7, 11) is 1.75. The van der Waals surface area contributed by atoms with E-state index in [1.165, 1.54) is 12.4 Å². The van der Waals surface area contributed by atoms with E-state index in [1.54, 1.807) is 11.6 Å². The number of rotatable bonds is 3. The Morgan fingerprint density at radius 2 is 2.18 bits per heavy atom. The first kappa shape index (κ1) is 11.3. The maximum Gasteiger partial charge on any atom is 0.183 e. The van der Waals surface area contributed by atoms with Crippen molar-refractivity contribution in [2.45, 2.75) is 6.54 Å². The Morgan fingerprint density at radius 3 is 2.82 bits per heavy atom. The average molecular weight is 239 g/mol. The molecule has 0 bridgehead atoms. The van der Waals surface area contributed by atoms with Gasteiger partial charge in [0.2, 0.25) is 0 Å². The summed E-state index contributed by atoms with van der Waals surface area (Å²) in [5.74, 6) is -1.35. The molecule has 5 nitrogen and oxygen atoms in total. The van der Waals surface area contributed by atoms with Crippen LogP contribution in [0.1, 0.15) is 5.82 Å². The van der Waals surface area contributed by atoms with Gasteiger partial charge in [0.05, 0.1) is 17.9 Å². The number of halogens is 2. The molecule has 0 atom stereocenters. The minimum atomic E-state index is -0.993. The Labute approximate surface area is 96.3 Å². The van der Waals surface area contributed by atoms with Crippen LogP contribution in [0.15, 0.2) is 18.5 Å². The van der Waals surface area contributed by atoms with E-state index < -0.39 is 11.6 Å². The number of nitrogens with zero attached hydrogens (tertiary/aromatic N) is 3. The van der Waals surface area contributed by atoms with Gasteiger partial charge in [0.1, 0.15) is 6.33 Å². The molecule has 3 N–H and O–H groups in total. The molecule has 1 aromatic heterocycles. The number of hydrogen-bond donors (Lipinski definition) is 2. The first-order chi connectivity index (χ1) is 8.09. The lowest BCUT2D eigenvalue weighted by Crippen LogP contribution is -2.09. The van der Waals surface area contributed by atoms with Gasteiger partial charge in [0.15, 0.2) is 17.5 Å². The molecule has 0 saturated heterocycles. The van der Waals surface area contributed by atoms with E-state index in [0.717, 1.165) is 6.07 Å². The van der Waals surface area contributed by atoms with E-state index in [4.69, 9.17) is 5.73 Å². The summed E-state index contributed by atoms with van der Waals surface area (Å²) < 4.78 is 28.1. The second-order valence-corrected chi connectivity index (χ2v) is 3.54. The van der Waals surface area contributed by atoms with Gasteiger partial charge in [-0.25, -0.2) is 8.78 Å². The standard InChI is InChI=1S/C10H11F2N5/c1-17-5-15-16-8(17)4-14-10-7(13)3-2-6(11)9(10)12/h2-3,5,14H,4,13H2,1H3. The summed E-state index contributed by atoms with van der Waals surface area (Å²) in [5, 5.41) is 10.2. The SMILES string of the molecule is Cn1cnnc1CNc1c(N)ccc(F)c1F. The molecule has 0 aliphatic carbocycles. The summed E-state index contributed by atoms with van der Waals surface area (Å²) in [5.41, 5.74) is 5.64. The second kappa shape index (κ2) is 4.36. The Morgan fingerprint density at radius 1 is 1.41 bits per heavy atom. The van der Waals surface area contributed by atoms with Crippen molar-refractivity contribution in [2.24, 2.45) is 7.05 Å². The molecule has 1 heterocycles. The molecule has 7 heteroatoms. The highest BCUT2D eigenvalue weighted by Crippen LogP contribution is 2.24. The highest BCUT2D eigenvalue weighted by molar-refractivity contribution is 5.66. The fourth-order valence-electron chi connectivity index (χ4n) is 1.38.